The average Bonchev–Trinajstić information content (AvgIpc) is 3.46. The van der Waals surface area contributed by atoms with Crippen LogP contribution in [0.5, 0.6) is 0 Å². The lowest BCUT2D eigenvalue weighted by Crippen LogP contribution is -2.46. The van der Waals surface area contributed by atoms with Crippen LogP contribution in [0.4, 0.5) is 23.7 Å². The van der Waals surface area contributed by atoms with Crippen molar-refractivity contribution in [1.29, 1.82) is 0 Å². The summed E-state index contributed by atoms with van der Waals surface area (Å²) in [6.07, 6.45) is -3.36. The molecule has 5 amide bonds. The number of halogens is 3. The number of amides is 5. The number of rotatable bonds is 8. The third-order valence-corrected chi connectivity index (χ3v) is 6.04. The molecule has 2 heterocycles. The lowest BCUT2D eigenvalue weighted by atomic mass is 9.92. The van der Waals surface area contributed by atoms with Crippen molar-refractivity contribution in [2.24, 2.45) is 0 Å². The minimum Gasteiger partial charge on any atom is -0.467 e. The first-order valence-corrected chi connectivity index (χ1v) is 11.4. The van der Waals surface area contributed by atoms with Gasteiger partial charge in [-0.15, -0.1) is 0 Å². The van der Waals surface area contributed by atoms with E-state index in [2.05, 4.69) is 10.6 Å². The van der Waals surface area contributed by atoms with Crippen LogP contribution in [0.25, 0.3) is 0 Å². The largest absolute Gasteiger partial charge is 0.467 e. The highest BCUT2D eigenvalue weighted by molar-refractivity contribution is 6.09. The third kappa shape index (κ3) is 5.53. The summed E-state index contributed by atoms with van der Waals surface area (Å²) >= 11 is 0. The summed E-state index contributed by atoms with van der Waals surface area (Å²) in [5.41, 5.74) is -2.40. The number of para-hydroxylation sites is 1. The highest BCUT2D eigenvalue weighted by Crippen LogP contribution is 2.34. The molecule has 4 rings (SSSR count). The van der Waals surface area contributed by atoms with Crippen molar-refractivity contribution in [3.63, 3.8) is 0 Å². The molecule has 198 valence electrons. The predicted octanol–water partition coefficient (Wildman–Crippen LogP) is 3.73. The number of imide groups is 1. The molecule has 0 aliphatic carbocycles. The number of benzene rings is 2. The zero-order valence-corrected chi connectivity index (χ0v) is 20.1. The van der Waals surface area contributed by atoms with Crippen LogP contribution in [-0.4, -0.2) is 46.6 Å². The molecular weight excluding hydrogens is 505 g/mol. The molecule has 1 aromatic heterocycles. The fourth-order valence-corrected chi connectivity index (χ4v) is 4.07. The Morgan fingerprint density at radius 3 is 2.37 bits per heavy atom. The average molecular weight is 528 g/mol. The molecule has 1 aliphatic rings. The van der Waals surface area contributed by atoms with Gasteiger partial charge in [0, 0.05) is 0 Å². The second-order valence-electron chi connectivity index (χ2n) is 8.73. The molecule has 1 saturated heterocycles. The van der Waals surface area contributed by atoms with Crippen molar-refractivity contribution in [1.82, 2.24) is 15.1 Å². The highest BCUT2D eigenvalue weighted by Gasteiger charge is 2.49. The van der Waals surface area contributed by atoms with Gasteiger partial charge in [-0.3, -0.25) is 19.3 Å². The molecule has 0 radical (unpaired) electrons. The molecule has 0 bridgehead atoms. The lowest BCUT2D eigenvalue weighted by molar-refractivity contribution is -0.140. The summed E-state index contributed by atoms with van der Waals surface area (Å²) in [6, 6.07) is 15.2. The van der Waals surface area contributed by atoms with Crippen LogP contribution in [0.2, 0.25) is 0 Å². The molecule has 3 aromatic rings. The molecule has 0 spiro atoms. The monoisotopic (exact) mass is 528 g/mol. The summed E-state index contributed by atoms with van der Waals surface area (Å²) < 4.78 is 45.2. The lowest BCUT2D eigenvalue weighted by Gasteiger charge is -2.25. The summed E-state index contributed by atoms with van der Waals surface area (Å²) in [4.78, 5) is 53.5. The van der Waals surface area contributed by atoms with Crippen LogP contribution in [0.15, 0.2) is 77.4 Å². The van der Waals surface area contributed by atoms with E-state index >= 15 is 0 Å². The van der Waals surface area contributed by atoms with Crippen LogP contribution in [0, 0.1) is 0 Å². The molecule has 1 atom stereocenters. The summed E-state index contributed by atoms with van der Waals surface area (Å²) in [7, 11) is 0. The topological polar surface area (TPSA) is 112 Å². The number of nitrogens with one attached hydrogen (secondary N) is 2. The SMILES string of the molecule is CC1(c2ccccc2)NC(=O)N(CC(=O)N(CC(=O)Nc2ccccc2C(F)(F)F)Cc2ccco2)C1=O. The molecule has 12 heteroatoms. The fraction of sp³-hybridized carbons (Fsp3) is 0.231. The highest BCUT2D eigenvalue weighted by atomic mass is 19.4. The van der Waals surface area contributed by atoms with Gasteiger partial charge in [0.15, 0.2) is 0 Å². The van der Waals surface area contributed by atoms with Crippen molar-refractivity contribution >= 4 is 29.4 Å². The van der Waals surface area contributed by atoms with Gasteiger partial charge in [0.1, 0.15) is 24.4 Å². The van der Waals surface area contributed by atoms with Gasteiger partial charge in [-0.2, -0.15) is 13.2 Å². The van der Waals surface area contributed by atoms with Gasteiger partial charge < -0.3 is 20.0 Å². The van der Waals surface area contributed by atoms with Crippen LogP contribution >= 0.6 is 0 Å². The van der Waals surface area contributed by atoms with Gasteiger partial charge in [0.05, 0.1) is 24.1 Å². The third-order valence-electron chi connectivity index (χ3n) is 6.04. The van der Waals surface area contributed by atoms with E-state index in [-0.39, 0.29) is 12.3 Å². The normalized spacial score (nSPS) is 17.3. The molecular formula is C26H23F3N4O5. The molecule has 2 aromatic carbocycles. The van der Waals surface area contributed by atoms with E-state index in [1.165, 1.54) is 31.4 Å². The Hall–Kier alpha value is -4.61. The van der Waals surface area contributed by atoms with Gasteiger partial charge in [-0.25, -0.2) is 4.79 Å². The van der Waals surface area contributed by atoms with Gasteiger partial charge in [-0.05, 0) is 36.8 Å². The molecule has 1 aliphatic heterocycles. The van der Waals surface area contributed by atoms with Crippen LogP contribution in [0.3, 0.4) is 0 Å². The Morgan fingerprint density at radius 2 is 1.71 bits per heavy atom. The number of furan rings is 1. The summed E-state index contributed by atoms with van der Waals surface area (Å²) in [5.74, 6) is -2.08. The second-order valence-corrected chi connectivity index (χ2v) is 8.73. The maximum Gasteiger partial charge on any atom is 0.418 e. The van der Waals surface area contributed by atoms with E-state index in [0.717, 1.165) is 21.9 Å². The minimum atomic E-state index is -4.71. The molecule has 0 saturated carbocycles. The first kappa shape index (κ1) is 26.5. The molecule has 2 N–H and O–H groups in total. The maximum absolute atomic E-state index is 13.3. The van der Waals surface area contributed by atoms with Crippen LogP contribution in [0.1, 0.15) is 23.8 Å². The van der Waals surface area contributed by atoms with E-state index in [1.807, 2.05) is 0 Å². The maximum atomic E-state index is 13.3. The molecule has 9 nitrogen and oxygen atoms in total. The molecule has 38 heavy (non-hydrogen) atoms. The van der Waals surface area contributed by atoms with Crippen LogP contribution < -0.4 is 10.6 Å². The van der Waals surface area contributed by atoms with E-state index < -0.39 is 59.8 Å². The summed E-state index contributed by atoms with van der Waals surface area (Å²) in [5, 5.41) is 4.78. The van der Waals surface area contributed by atoms with Crippen molar-refractivity contribution in [2.45, 2.75) is 25.2 Å². The number of carbonyl (C=O) groups is 4. The van der Waals surface area contributed by atoms with Crippen molar-refractivity contribution in [3.05, 3.63) is 89.9 Å². The second kappa shape index (κ2) is 10.4. The number of hydrogen-bond acceptors (Lipinski definition) is 5. The Balaban J connectivity index is 1.51. The number of anilines is 1. The van der Waals surface area contributed by atoms with Crippen molar-refractivity contribution < 1.29 is 36.8 Å². The fourth-order valence-electron chi connectivity index (χ4n) is 4.07. The zero-order valence-electron chi connectivity index (χ0n) is 20.1. The number of alkyl halides is 3. The quantitative estimate of drug-likeness (QED) is 0.433. The minimum absolute atomic E-state index is 0.222. The number of hydrogen-bond donors (Lipinski definition) is 2. The Morgan fingerprint density at radius 1 is 1.03 bits per heavy atom. The number of nitrogens with zero attached hydrogens (tertiary/aromatic N) is 2. The summed E-state index contributed by atoms with van der Waals surface area (Å²) in [6.45, 7) is -0.0650. The van der Waals surface area contributed by atoms with Gasteiger partial charge in [0.2, 0.25) is 11.8 Å². The van der Waals surface area contributed by atoms with Crippen molar-refractivity contribution in [3.8, 4) is 0 Å². The number of carbonyl (C=O) groups excluding carboxylic acids is 4. The van der Waals surface area contributed by atoms with Gasteiger partial charge >= 0.3 is 12.2 Å². The van der Waals surface area contributed by atoms with E-state index in [0.29, 0.717) is 5.56 Å². The zero-order chi connectivity index (χ0) is 27.5. The Bertz CT molecular complexity index is 1340. The van der Waals surface area contributed by atoms with E-state index in [1.54, 1.807) is 36.4 Å². The first-order valence-electron chi connectivity index (χ1n) is 11.4. The molecule has 1 fully saturated rings. The Labute approximate surface area is 215 Å². The standard InChI is InChI=1S/C26H23F3N4O5/c1-25(17-8-3-2-4-9-17)23(36)33(24(37)31-25)16-22(35)32(14-18-10-7-13-38-18)15-21(34)30-20-12-6-5-11-19(20)26(27,28)29/h2-13H,14-16H2,1H3,(H,30,34)(H,31,37). The smallest absolute Gasteiger partial charge is 0.418 e. The number of urea groups is 1. The van der Waals surface area contributed by atoms with E-state index in [9.17, 15) is 32.3 Å². The Kier molecular flexibility index (Phi) is 7.24. The predicted molar refractivity (Wildman–Crippen MR) is 128 cm³/mol. The van der Waals surface area contributed by atoms with Gasteiger partial charge in [0.25, 0.3) is 5.91 Å². The van der Waals surface area contributed by atoms with Gasteiger partial charge in [-0.1, -0.05) is 42.5 Å². The van der Waals surface area contributed by atoms with Crippen LogP contribution in [-0.2, 0) is 32.6 Å². The first-order chi connectivity index (χ1) is 18.0. The molecule has 1 unspecified atom stereocenters. The van der Waals surface area contributed by atoms with E-state index in [4.69, 9.17) is 4.42 Å². The van der Waals surface area contributed by atoms with Crippen molar-refractivity contribution in [2.75, 3.05) is 18.4 Å².